The van der Waals surface area contributed by atoms with Gasteiger partial charge in [0.1, 0.15) is 0 Å². The molecule has 0 unspecified atom stereocenters. The number of nitrogens with zero attached hydrogens (tertiary/aromatic N) is 2. The molecule has 1 heterocycles. The number of rotatable bonds is 9. The Balaban J connectivity index is 1.45. The molecular weight excluding hydrogens is 380 g/mol. The highest BCUT2D eigenvalue weighted by atomic mass is 35.5. The van der Waals surface area contributed by atoms with Gasteiger partial charge >= 0.3 is 0 Å². The van der Waals surface area contributed by atoms with Crippen LogP contribution < -0.4 is 0 Å². The monoisotopic (exact) mass is 406 g/mol. The second-order valence-electron chi connectivity index (χ2n) is 7.34. The molecule has 0 aliphatic heterocycles. The van der Waals surface area contributed by atoms with E-state index in [1.54, 1.807) is 24.3 Å². The van der Waals surface area contributed by atoms with E-state index < -0.39 is 0 Å². The summed E-state index contributed by atoms with van der Waals surface area (Å²) < 4.78 is 5.83. The fourth-order valence-corrected chi connectivity index (χ4v) is 4.46. The first-order chi connectivity index (χ1) is 13.2. The molecule has 27 heavy (non-hydrogen) atoms. The van der Waals surface area contributed by atoms with Gasteiger partial charge in [-0.1, -0.05) is 56.0 Å². The van der Waals surface area contributed by atoms with Gasteiger partial charge in [-0.2, -0.15) is 0 Å². The molecular formula is C21H27ClN2O2S. The number of aromatic nitrogens is 2. The molecule has 1 fully saturated rings. The van der Waals surface area contributed by atoms with Crippen LogP contribution in [0.5, 0.6) is 0 Å². The van der Waals surface area contributed by atoms with Crippen molar-refractivity contribution in [3.05, 3.63) is 40.7 Å². The van der Waals surface area contributed by atoms with Crippen molar-refractivity contribution in [1.82, 2.24) is 10.2 Å². The van der Waals surface area contributed by atoms with Gasteiger partial charge in [-0.25, -0.2) is 0 Å². The number of hydrogen-bond donors (Lipinski definition) is 0. The molecule has 3 rings (SSSR count). The molecule has 0 atom stereocenters. The first-order valence-corrected chi connectivity index (χ1v) is 11.3. The van der Waals surface area contributed by atoms with Crippen molar-refractivity contribution in [3.8, 4) is 0 Å². The Hall–Kier alpha value is -1.33. The summed E-state index contributed by atoms with van der Waals surface area (Å²) in [5, 5.41) is 9.47. The van der Waals surface area contributed by atoms with Crippen LogP contribution in [0.1, 0.15) is 80.5 Å². The minimum atomic E-state index is 0.0315. The Kier molecular flexibility index (Phi) is 7.77. The van der Waals surface area contributed by atoms with Gasteiger partial charge in [-0.05, 0) is 55.9 Å². The third kappa shape index (κ3) is 6.08. The average molecular weight is 407 g/mol. The summed E-state index contributed by atoms with van der Waals surface area (Å²) in [7, 11) is 0. The summed E-state index contributed by atoms with van der Waals surface area (Å²) in [6.07, 6.45) is 10.1. The fraction of sp³-hybridized carbons (Fsp3) is 0.571. The summed E-state index contributed by atoms with van der Waals surface area (Å²) in [4.78, 5) is 12.2. The largest absolute Gasteiger partial charge is 0.416 e. The van der Waals surface area contributed by atoms with Crippen molar-refractivity contribution in [1.29, 1.82) is 0 Å². The van der Waals surface area contributed by atoms with E-state index in [0.29, 0.717) is 21.7 Å². The molecule has 1 aliphatic rings. The molecule has 1 aromatic carbocycles. The van der Waals surface area contributed by atoms with E-state index in [9.17, 15) is 4.79 Å². The van der Waals surface area contributed by atoms with Crippen molar-refractivity contribution in [2.75, 3.05) is 5.75 Å². The third-order valence-electron chi connectivity index (χ3n) is 5.33. The van der Waals surface area contributed by atoms with Crippen LogP contribution in [-0.4, -0.2) is 21.7 Å². The van der Waals surface area contributed by atoms with Crippen LogP contribution in [0.3, 0.4) is 0 Å². The maximum Gasteiger partial charge on any atom is 0.277 e. The zero-order valence-electron chi connectivity index (χ0n) is 15.8. The third-order valence-corrected chi connectivity index (χ3v) is 6.40. The van der Waals surface area contributed by atoms with Gasteiger partial charge in [-0.3, -0.25) is 4.79 Å². The first-order valence-electron chi connectivity index (χ1n) is 9.90. The molecule has 4 nitrogen and oxygen atoms in total. The van der Waals surface area contributed by atoms with E-state index in [2.05, 4.69) is 17.1 Å². The number of benzene rings is 1. The summed E-state index contributed by atoms with van der Waals surface area (Å²) in [6.45, 7) is 2.26. The first kappa shape index (κ1) is 20.4. The lowest BCUT2D eigenvalue weighted by molar-refractivity contribution is 0.102. The van der Waals surface area contributed by atoms with Crippen LogP contribution in [0.25, 0.3) is 0 Å². The smallest absolute Gasteiger partial charge is 0.277 e. The summed E-state index contributed by atoms with van der Waals surface area (Å²) in [5.41, 5.74) is 0.646. The molecule has 0 N–H and O–H groups in total. The van der Waals surface area contributed by atoms with E-state index in [1.165, 1.54) is 50.3 Å². The Morgan fingerprint density at radius 1 is 1.15 bits per heavy atom. The number of carbonyl (C=O) groups excluding carboxylic acids is 1. The lowest BCUT2D eigenvalue weighted by Crippen LogP contribution is -2.13. The standard InChI is InChI=1S/C21H27ClN2O2S/c1-2-3-4-5-15-6-8-17(9-7-15)20-23-24-21(26-20)27-14-19(25)16-10-12-18(22)13-11-16/h10-13,15,17H,2-9,14H2,1H3. The van der Waals surface area contributed by atoms with Gasteiger partial charge in [0.25, 0.3) is 5.22 Å². The molecule has 1 aromatic heterocycles. The Morgan fingerprint density at radius 3 is 2.59 bits per heavy atom. The predicted molar refractivity (Wildman–Crippen MR) is 110 cm³/mol. The van der Waals surface area contributed by atoms with Crippen molar-refractivity contribution < 1.29 is 9.21 Å². The van der Waals surface area contributed by atoms with Crippen molar-refractivity contribution in [2.24, 2.45) is 5.92 Å². The summed E-state index contributed by atoms with van der Waals surface area (Å²) >= 11 is 7.16. The Morgan fingerprint density at radius 2 is 1.89 bits per heavy atom. The second-order valence-corrected chi connectivity index (χ2v) is 8.70. The topological polar surface area (TPSA) is 56.0 Å². The molecule has 6 heteroatoms. The number of Topliss-reactive ketones (excluding diaryl/α,β-unsaturated/α-hetero) is 1. The maximum atomic E-state index is 12.2. The van der Waals surface area contributed by atoms with Crippen molar-refractivity contribution >= 4 is 29.1 Å². The van der Waals surface area contributed by atoms with Gasteiger partial charge in [-0.15, -0.1) is 10.2 Å². The number of thioether (sulfide) groups is 1. The Labute approximate surface area is 170 Å². The number of halogens is 1. The highest BCUT2D eigenvalue weighted by Gasteiger charge is 2.26. The predicted octanol–water partition coefficient (Wildman–Crippen LogP) is 6.55. The van der Waals surface area contributed by atoms with Crippen LogP contribution in [-0.2, 0) is 0 Å². The zero-order chi connectivity index (χ0) is 19.1. The van der Waals surface area contributed by atoms with Crippen LogP contribution in [0, 0.1) is 5.92 Å². The minimum absolute atomic E-state index is 0.0315. The van der Waals surface area contributed by atoms with Crippen LogP contribution in [0.15, 0.2) is 33.9 Å². The van der Waals surface area contributed by atoms with Crippen molar-refractivity contribution in [3.63, 3.8) is 0 Å². The second kappa shape index (κ2) is 10.3. The van der Waals surface area contributed by atoms with Gasteiger partial charge in [0.05, 0.1) is 5.75 Å². The van der Waals surface area contributed by atoms with Gasteiger partial charge in [0.15, 0.2) is 5.78 Å². The number of unbranched alkanes of at least 4 members (excludes halogenated alkanes) is 2. The minimum Gasteiger partial charge on any atom is -0.416 e. The van der Waals surface area contributed by atoms with E-state index in [0.717, 1.165) is 24.7 Å². The highest BCUT2D eigenvalue weighted by Crippen LogP contribution is 2.37. The quantitative estimate of drug-likeness (QED) is 0.268. The normalized spacial score (nSPS) is 19.9. The van der Waals surface area contributed by atoms with Gasteiger partial charge in [0, 0.05) is 16.5 Å². The number of hydrogen-bond acceptors (Lipinski definition) is 5. The van der Waals surface area contributed by atoms with E-state index in [-0.39, 0.29) is 11.5 Å². The average Bonchev–Trinajstić information content (AvgIpc) is 3.16. The van der Waals surface area contributed by atoms with Crippen molar-refractivity contribution in [2.45, 2.75) is 69.4 Å². The molecule has 146 valence electrons. The van der Waals surface area contributed by atoms with Crippen LogP contribution in [0.4, 0.5) is 0 Å². The molecule has 0 radical (unpaired) electrons. The molecule has 0 amide bonds. The number of carbonyl (C=O) groups is 1. The molecule has 1 saturated carbocycles. The highest BCUT2D eigenvalue weighted by molar-refractivity contribution is 7.99. The summed E-state index contributed by atoms with van der Waals surface area (Å²) in [5.74, 6) is 2.29. The molecule has 0 bridgehead atoms. The maximum absolute atomic E-state index is 12.2. The molecule has 0 saturated heterocycles. The number of ketones is 1. The van der Waals surface area contributed by atoms with Crippen LogP contribution in [0.2, 0.25) is 5.02 Å². The molecule has 1 aliphatic carbocycles. The fourth-order valence-electron chi connectivity index (χ4n) is 3.67. The lowest BCUT2D eigenvalue weighted by Gasteiger charge is -2.26. The van der Waals surface area contributed by atoms with E-state index in [1.807, 2.05) is 0 Å². The SMILES string of the molecule is CCCCCC1CCC(c2nnc(SCC(=O)c3ccc(Cl)cc3)o2)CC1. The lowest BCUT2D eigenvalue weighted by atomic mass is 9.80. The van der Waals surface area contributed by atoms with E-state index >= 15 is 0 Å². The van der Waals surface area contributed by atoms with Crippen LogP contribution >= 0.6 is 23.4 Å². The van der Waals surface area contributed by atoms with E-state index in [4.69, 9.17) is 16.0 Å². The summed E-state index contributed by atoms with van der Waals surface area (Å²) in [6, 6.07) is 6.93. The molecule has 0 spiro atoms. The van der Waals surface area contributed by atoms with Gasteiger partial charge < -0.3 is 4.42 Å². The Bertz CT molecular complexity index is 724. The molecule has 2 aromatic rings. The zero-order valence-corrected chi connectivity index (χ0v) is 17.4. The van der Waals surface area contributed by atoms with Gasteiger partial charge in [0.2, 0.25) is 5.89 Å².